The summed E-state index contributed by atoms with van der Waals surface area (Å²) in [5.74, 6) is 0.0767. The lowest BCUT2D eigenvalue weighted by Gasteiger charge is -2.10. The molecule has 0 atom stereocenters. The number of nitrogens with two attached hydrogens (primary N) is 1. The first-order chi connectivity index (χ1) is 18.3. The normalized spacial score (nSPS) is 10.9. The number of benzene rings is 3. The smallest absolute Gasteiger partial charge is 0.247 e. The highest BCUT2D eigenvalue weighted by atomic mass is 35.5. The Kier molecular flexibility index (Phi) is 6.76. The Hall–Kier alpha value is -4.76. The Labute approximate surface area is 222 Å². The molecule has 0 aliphatic rings. The van der Waals surface area contributed by atoms with Crippen LogP contribution >= 0.6 is 11.6 Å². The lowest BCUT2D eigenvalue weighted by Crippen LogP contribution is -2.08. The van der Waals surface area contributed by atoms with Crippen LogP contribution in [-0.4, -0.2) is 25.7 Å². The number of rotatable bonds is 7. The predicted octanol–water partition coefficient (Wildman–Crippen LogP) is 5.87. The summed E-state index contributed by atoms with van der Waals surface area (Å²) in [7, 11) is 0. The van der Waals surface area contributed by atoms with E-state index in [9.17, 15) is 9.18 Å². The van der Waals surface area contributed by atoms with Crippen LogP contribution in [0.15, 0.2) is 79.6 Å². The molecule has 0 fully saturated rings. The van der Waals surface area contributed by atoms with Gasteiger partial charge in [0.15, 0.2) is 5.65 Å². The molecular formula is C28H22ClFN6O2. The Morgan fingerprint density at radius 1 is 1.18 bits per heavy atom. The Bertz CT molecular complexity index is 1700. The van der Waals surface area contributed by atoms with Crippen LogP contribution in [0.4, 0.5) is 15.9 Å². The molecule has 0 unspecified atom stereocenters. The van der Waals surface area contributed by atoms with Gasteiger partial charge in [0.1, 0.15) is 36.0 Å². The average molecular weight is 529 g/mol. The highest BCUT2D eigenvalue weighted by Gasteiger charge is 2.19. The third kappa shape index (κ3) is 4.91. The molecule has 5 aromatic rings. The number of carbonyl (C=O) groups excluding carboxylic acids is 1. The van der Waals surface area contributed by atoms with E-state index in [1.807, 2.05) is 6.07 Å². The van der Waals surface area contributed by atoms with Crippen molar-refractivity contribution in [3.05, 3.63) is 102 Å². The van der Waals surface area contributed by atoms with E-state index in [2.05, 4.69) is 21.9 Å². The maximum atomic E-state index is 13.9. The second-order valence-corrected chi connectivity index (χ2v) is 8.89. The number of hydrogen-bond donors (Lipinski definition) is 2. The molecule has 0 aliphatic carbocycles. The van der Waals surface area contributed by atoms with Crippen molar-refractivity contribution < 1.29 is 13.9 Å². The molecule has 3 aromatic carbocycles. The number of carbonyl (C=O) groups is 1. The summed E-state index contributed by atoms with van der Waals surface area (Å²) >= 11 is 6.56. The van der Waals surface area contributed by atoms with Crippen molar-refractivity contribution in [3.8, 4) is 22.7 Å². The van der Waals surface area contributed by atoms with Gasteiger partial charge in [0.05, 0.1) is 16.1 Å². The number of nitrogens with zero attached hydrogens (tertiary/aromatic N) is 4. The zero-order valence-corrected chi connectivity index (χ0v) is 21.0. The fourth-order valence-electron chi connectivity index (χ4n) is 3.92. The lowest BCUT2D eigenvalue weighted by molar-refractivity contribution is -0.111. The number of aryl methyl sites for hydroxylation is 1. The van der Waals surface area contributed by atoms with Gasteiger partial charge in [0.2, 0.25) is 5.91 Å². The minimum Gasteiger partial charge on any atom is -0.487 e. The van der Waals surface area contributed by atoms with Gasteiger partial charge < -0.3 is 15.8 Å². The number of anilines is 2. The second kappa shape index (κ2) is 10.3. The number of ether oxygens (including phenoxy) is 1. The van der Waals surface area contributed by atoms with Crippen LogP contribution in [0.5, 0.6) is 5.75 Å². The molecule has 2 heterocycles. The highest BCUT2D eigenvalue weighted by molar-refractivity contribution is 6.32. The van der Waals surface area contributed by atoms with E-state index in [-0.39, 0.29) is 24.1 Å². The summed E-state index contributed by atoms with van der Waals surface area (Å²) in [5, 5.41) is 8.41. The summed E-state index contributed by atoms with van der Waals surface area (Å²) in [4.78, 5) is 20.3. The molecule has 10 heteroatoms. The van der Waals surface area contributed by atoms with Gasteiger partial charge in [0.25, 0.3) is 0 Å². The number of hydrogen-bond acceptors (Lipinski definition) is 6. The van der Waals surface area contributed by atoms with E-state index in [0.29, 0.717) is 55.6 Å². The number of amides is 1. The summed E-state index contributed by atoms with van der Waals surface area (Å²) in [5.41, 5.74) is 10.4. The largest absolute Gasteiger partial charge is 0.487 e. The Morgan fingerprint density at radius 2 is 2.03 bits per heavy atom. The first-order valence-electron chi connectivity index (χ1n) is 11.5. The van der Waals surface area contributed by atoms with E-state index in [1.54, 1.807) is 60.1 Å². The molecule has 0 radical (unpaired) electrons. The van der Waals surface area contributed by atoms with Crippen molar-refractivity contribution in [1.29, 1.82) is 0 Å². The summed E-state index contributed by atoms with van der Waals surface area (Å²) < 4.78 is 21.3. The topological polar surface area (TPSA) is 108 Å². The van der Waals surface area contributed by atoms with Gasteiger partial charge in [0, 0.05) is 11.3 Å². The number of halogens is 2. The highest BCUT2D eigenvalue weighted by Crippen LogP contribution is 2.36. The number of nitrogens with one attached hydrogen (secondary N) is 1. The van der Waals surface area contributed by atoms with Crippen LogP contribution in [-0.2, 0) is 11.4 Å². The van der Waals surface area contributed by atoms with Gasteiger partial charge in [-0.05, 0) is 66.6 Å². The van der Waals surface area contributed by atoms with Crippen LogP contribution in [0.3, 0.4) is 0 Å². The van der Waals surface area contributed by atoms with E-state index in [1.165, 1.54) is 18.5 Å². The van der Waals surface area contributed by atoms with Crippen LogP contribution in [0.1, 0.15) is 11.1 Å². The van der Waals surface area contributed by atoms with Gasteiger partial charge in [-0.1, -0.05) is 36.4 Å². The number of nitrogen functional groups attached to an aromatic ring is 1. The van der Waals surface area contributed by atoms with Crippen LogP contribution in [0, 0.1) is 12.7 Å². The molecule has 5 rings (SSSR count). The van der Waals surface area contributed by atoms with Gasteiger partial charge in [-0.25, -0.2) is 19.0 Å². The summed E-state index contributed by atoms with van der Waals surface area (Å²) in [6, 6.07) is 17.3. The molecule has 3 N–H and O–H groups in total. The number of fused-ring (bicyclic) bond motifs is 1. The van der Waals surface area contributed by atoms with Crippen molar-refractivity contribution in [3.63, 3.8) is 0 Å². The SMILES string of the molecule is C=CC(=O)Nc1cccc(-n2nc(-c3ccc(OCc4ccc(C)c(F)c4)c(Cl)c3)c3c(N)ncnc32)c1. The molecule has 0 bridgehead atoms. The third-order valence-electron chi connectivity index (χ3n) is 5.87. The molecular weight excluding hydrogens is 507 g/mol. The van der Waals surface area contributed by atoms with Crippen LogP contribution < -0.4 is 15.8 Å². The fraction of sp³-hybridized carbons (Fsp3) is 0.0714. The maximum Gasteiger partial charge on any atom is 0.247 e. The van der Waals surface area contributed by atoms with E-state index in [4.69, 9.17) is 27.2 Å². The van der Waals surface area contributed by atoms with Gasteiger partial charge in [-0.15, -0.1) is 0 Å². The van der Waals surface area contributed by atoms with E-state index in [0.717, 1.165) is 0 Å². The van der Waals surface area contributed by atoms with E-state index < -0.39 is 0 Å². The monoisotopic (exact) mass is 528 g/mol. The standard InChI is InChI=1S/C28H22ClFN6O2/c1-3-24(37)34-19-5-4-6-20(13-19)36-28-25(27(31)32-15-33-28)26(35-36)18-9-10-23(21(29)12-18)38-14-17-8-7-16(2)22(30)11-17/h3-13,15H,1,14H2,2H3,(H,34,37)(H2,31,32,33). The first-order valence-corrected chi connectivity index (χ1v) is 11.9. The van der Waals surface area contributed by atoms with E-state index >= 15 is 0 Å². The molecule has 0 saturated carbocycles. The molecule has 38 heavy (non-hydrogen) atoms. The molecule has 2 aromatic heterocycles. The third-order valence-corrected chi connectivity index (χ3v) is 6.17. The zero-order chi connectivity index (χ0) is 26.8. The van der Waals surface area contributed by atoms with Crippen molar-refractivity contribution in [2.24, 2.45) is 0 Å². The van der Waals surface area contributed by atoms with Crippen molar-refractivity contribution in [1.82, 2.24) is 19.7 Å². The molecule has 0 saturated heterocycles. The van der Waals surface area contributed by atoms with Crippen molar-refractivity contribution >= 4 is 40.0 Å². The minimum absolute atomic E-state index is 0.160. The zero-order valence-electron chi connectivity index (χ0n) is 20.3. The molecule has 8 nitrogen and oxygen atoms in total. The Morgan fingerprint density at radius 3 is 2.79 bits per heavy atom. The molecule has 0 spiro atoms. The average Bonchev–Trinajstić information content (AvgIpc) is 3.31. The molecule has 190 valence electrons. The van der Waals surface area contributed by atoms with Gasteiger partial charge >= 0.3 is 0 Å². The predicted molar refractivity (Wildman–Crippen MR) is 146 cm³/mol. The van der Waals surface area contributed by atoms with Gasteiger partial charge in [-0.3, -0.25) is 4.79 Å². The minimum atomic E-state index is -0.329. The molecule has 1 amide bonds. The quantitative estimate of drug-likeness (QED) is 0.256. The molecule has 0 aliphatic heterocycles. The Balaban J connectivity index is 1.50. The van der Waals surface area contributed by atoms with Crippen molar-refractivity contribution in [2.45, 2.75) is 13.5 Å². The number of aromatic nitrogens is 4. The van der Waals surface area contributed by atoms with Crippen molar-refractivity contribution in [2.75, 3.05) is 11.1 Å². The fourth-order valence-corrected chi connectivity index (χ4v) is 4.15. The summed E-state index contributed by atoms with van der Waals surface area (Å²) in [6.45, 7) is 5.34. The lowest BCUT2D eigenvalue weighted by atomic mass is 10.1. The van der Waals surface area contributed by atoms with Crippen LogP contribution in [0.25, 0.3) is 28.0 Å². The summed E-state index contributed by atoms with van der Waals surface area (Å²) in [6.07, 6.45) is 2.55. The second-order valence-electron chi connectivity index (χ2n) is 8.48. The van der Waals surface area contributed by atoms with Crippen LogP contribution in [0.2, 0.25) is 5.02 Å². The maximum absolute atomic E-state index is 13.9. The van der Waals surface area contributed by atoms with Gasteiger partial charge in [-0.2, -0.15) is 5.10 Å². The first kappa shape index (κ1) is 24.9.